The molecule has 1 aromatic carbocycles. The number of carbonyl (C=O) groups is 1. The highest BCUT2D eigenvalue weighted by Crippen LogP contribution is 2.44. The predicted molar refractivity (Wildman–Crippen MR) is 131 cm³/mol. The average molecular weight is 469 g/mol. The van der Waals surface area contributed by atoms with E-state index in [0.29, 0.717) is 17.7 Å². The van der Waals surface area contributed by atoms with E-state index in [9.17, 15) is 4.79 Å². The first-order valence-electron chi connectivity index (χ1n) is 12.0. The molecule has 31 heavy (non-hydrogen) atoms. The van der Waals surface area contributed by atoms with Crippen LogP contribution in [0, 0.1) is 24.7 Å². The molecule has 1 aromatic rings. The highest BCUT2D eigenvalue weighted by atomic mass is 35.5. The molecule has 6 heteroatoms. The molecule has 4 nitrogen and oxygen atoms in total. The van der Waals surface area contributed by atoms with Gasteiger partial charge < -0.3 is 15.1 Å². The maximum atomic E-state index is 13.7. The Morgan fingerprint density at radius 1 is 0.968 bits per heavy atom. The maximum Gasteiger partial charge on any atom is 0.226 e. The van der Waals surface area contributed by atoms with Crippen LogP contribution in [-0.2, 0) is 4.79 Å². The van der Waals surface area contributed by atoms with Gasteiger partial charge in [-0.3, -0.25) is 4.79 Å². The Kier molecular flexibility index (Phi) is 8.71. The first-order chi connectivity index (χ1) is 14.2. The zero-order valence-electron chi connectivity index (χ0n) is 18.8. The Bertz CT molecular complexity index is 731. The number of nitrogens with one attached hydrogen (secondary N) is 1. The molecule has 0 bridgehead atoms. The number of aryl methyl sites for hydroxylation is 1. The highest BCUT2D eigenvalue weighted by Gasteiger charge is 2.48. The fourth-order valence-corrected chi connectivity index (χ4v) is 6.66. The van der Waals surface area contributed by atoms with Crippen molar-refractivity contribution < 1.29 is 4.79 Å². The Morgan fingerprint density at radius 2 is 1.68 bits per heavy atom. The summed E-state index contributed by atoms with van der Waals surface area (Å²) in [6, 6.07) is 9.77. The summed E-state index contributed by atoms with van der Waals surface area (Å²) in [6.07, 6.45) is 9.06. The second-order valence-corrected chi connectivity index (χ2v) is 9.98. The van der Waals surface area contributed by atoms with Crippen molar-refractivity contribution in [3.8, 4) is 0 Å². The van der Waals surface area contributed by atoms with E-state index >= 15 is 0 Å². The molecule has 3 aliphatic heterocycles. The van der Waals surface area contributed by atoms with E-state index in [1.807, 2.05) is 0 Å². The zero-order valence-corrected chi connectivity index (χ0v) is 20.4. The molecule has 0 radical (unpaired) electrons. The Morgan fingerprint density at radius 3 is 2.39 bits per heavy atom. The molecule has 1 saturated carbocycles. The van der Waals surface area contributed by atoms with E-state index in [1.165, 1.54) is 43.2 Å². The third-order valence-electron chi connectivity index (χ3n) is 8.32. The van der Waals surface area contributed by atoms with Gasteiger partial charge in [-0.25, -0.2) is 0 Å². The van der Waals surface area contributed by atoms with Crippen LogP contribution in [0.5, 0.6) is 0 Å². The van der Waals surface area contributed by atoms with Crippen LogP contribution in [0.1, 0.15) is 62.1 Å². The molecule has 0 spiro atoms. The lowest BCUT2D eigenvalue weighted by atomic mass is 9.86. The number of fused-ring (bicyclic) bond motifs is 1. The topological polar surface area (TPSA) is 35.6 Å². The molecular formula is C25H39Cl2N3O. The summed E-state index contributed by atoms with van der Waals surface area (Å²) in [6.45, 7) is 7.51. The number of likely N-dealkylation sites (tertiary alicyclic amines) is 2. The molecule has 0 unspecified atom stereocenters. The molecular weight excluding hydrogens is 429 g/mol. The maximum absolute atomic E-state index is 13.7. The lowest BCUT2D eigenvalue weighted by molar-refractivity contribution is -0.138. The van der Waals surface area contributed by atoms with E-state index in [2.05, 4.69) is 46.3 Å². The van der Waals surface area contributed by atoms with E-state index < -0.39 is 0 Å². The van der Waals surface area contributed by atoms with E-state index in [1.54, 1.807) is 0 Å². The minimum absolute atomic E-state index is 0. The highest BCUT2D eigenvalue weighted by molar-refractivity contribution is 5.85. The van der Waals surface area contributed by atoms with Crippen LogP contribution in [0.15, 0.2) is 24.3 Å². The normalized spacial score (nSPS) is 29.8. The molecule has 1 N–H and O–H groups in total. The third kappa shape index (κ3) is 4.93. The predicted octanol–water partition coefficient (Wildman–Crippen LogP) is 4.60. The monoisotopic (exact) mass is 467 g/mol. The molecule has 3 saturated heterocycles. The SMILES string of the molecule is Cc1ccccc1[C@@H]1[C@H]2CNC[C@H]2CN1C(=O)C1CCN(C2CCCCC2)CC1.Cl.Cl. The molecule has 1 amide bonds. The molecule has 4 fully saturated rings. The molecule has 174 valence electrons. The Hall–Kier alpha value is -0.810. The summed E-state index contributed by atoms with van der Waals surface area (Å²) in [4.78, 5) is 18.7. The molecule has 3 heterocycles. The quantitative estimate of drug-likeness (QED) is 0.704. The summed E-state index contributed by atoms with van der Waals surface area (Å²) in [7, 11) is 0. The van der Waals surface area contributed by atoms with Crippen molar-refractivity contribution in [1.82, 2.24) is 15.1 Å². The number of hydrogen-bond acceptors (Lipinski definition) is 3. The summed E-state index contributed by atoms with van der Waals surface area (Å²) >= 11 is 0. The van der Waals surface area contributed by atoms with Crippen LogP contribution in [0.3, 0.4) is 0 Å². The zero-order chi connectivity index (χ0) is 19.8. The van der Waals surface area contributed by atoms with Crippen molar-refractivity contribution in [3.05, 3.63) is 35.4 Å². The largest absolute Gasteiger partial charge is 0.335 e. The van der Waals surface area contributed by atoms with E-state index in [0.717, 1.165) is 51.6 Å². The Labute approximate surface area is 200 Å². The number of amides is 1. The number of halogens is 2. The fourth-order valence-electron chi connectivity index (χ4n) is 6.66. The number of benzene rings is 1. The second kappa shape index (κ2) is 10.9. The number of rotatable bonds is 3. The number of carbonyl (C=O) groups excluding carboxylic acids is 1. The number of piperidine rings is 1. The van der Waals surface area contributed by atoms with Gasteiger partial charge in [-0.15, -0.1) is 24.8 Å². The lowest BCUT2D eigenvalue weighted by Crippen LogP contribution is -2.46. The van der Waals surface area contributed by atoms with Crippen LogP contribution in [0.4, 0.5) is 0 Å². The van der Waals surface area contributed by atoms with Gasteiger partial charge >= 0.3 is 0 Å². The molecule has 1 aliphatic carbocycles. The standard InChI is InChI=1S/C25H37N3O.2ClH/c1-18-7-5-6-10-22(18)24-23-16-26-15-20(23)17-28(24)25(29)19-11-13-27(14-12-19)21-8-3-2-4-9-21;;/h5-7,10,19-21,23-24,26H,2-4,8-9,11-17H2,1H3;2*1H/t20-,23-,24+;;/m0../s1. The van der Waals surface area contributed by atoms with Gasteiger partial charge in [0, 0.05) is 37.5 Å². The first-order valence-corrected chi connectivity index (χ1v) is 12.0. The van der Waals surface area contributed by atoms with E-state index in [4.69, 9.17) is 0 Å². The van der Waals surface area contributed by atoms with Crippen LogP contribution in [0.25, 0.3) is 0 Å². The van der Waals surface area contributed by atoms with Gasteiger partial charge in [-0.2, -0.15) is 0 Å². The van der Waals surface area contributed by atoms with Crippen molar-refractivity contribution in [2.24, 2.45) is 17.8 Å². The van der Waals surface area contributed by atoms with Crippen molar-refractivity contribution in [2.45, 2.75) is 64.0 Å². The van der Waals surface area contributed by atoms with Crippen molar-refractivity contribution in [3.63, 3.8) is 0 Å². The van der Waals surface area contributed by atoms with Crippen molar-refractivity contribution in [1.29, 1.82) is 0 Å². The van der Waals surface area contributed by atoms with Gasteiger partial charge in [0.25, 0.3) is 0 Å². The minimum atomic E-state index is 0. The van der Waals surface area contributed by atoms with Gasteiger partial charge in [0.1, 0.15) is 0 Å². The molecule has 3 atom stereocenters. The van der Waals surface area contributed by atoms with Crippen LogP contribution in [-0.4, -0.2) is 54.5 Å². The number of hydrogen-bond donors (Lipinski definition) is 1. The van der Waals surface area contributed by atoms with Gasteiger partial charge in [0.15, 0.2) is 0 Å². The van der Waals surface area contributed by atoms with E-state index in [-0.39, 0.29) is 36.8 Å². The second-order valence-electron chi connectivity index (χ2n) is 9.98. The molecule has 0 aromatic heterocycles. The summed E-state index contributed by atoms with van der Waals surface area (Å²) in [5, 5.41) is 3.58. The van der Waals surface area contributed by atoms with Gasteiger partial charge in [-0.05, 0) is 62.7 Å². The molecule has 4 aliphatic rings. The van der Waals surface area contributed by atoms with Gasteiger partial charge in [0.05, 0.1) is 6.04 Å². The van der Waals surface area contributed by atoms with Crippen molar-refractivity contribution >= 4 is 30.7 Å². The van der Waals surface area contributed by atoms with Crippen molar-refractivity contribution in [2.75, 3.05) is 32.7 Å². The minimum Gasteiger partial charge on any atom is -0.335 e. The summed E-state index contributed by atoms with van der Waals surface area (Å²) in [5.74, 6) is 1.86. The van der Waals surface area contributed by atoms with Crippen LogP contribution < -0.4 is 5.32 Å². The van der Waals surface area contributed by atoms with Gasteiger partial charge in [0.2, 0.25) is 5.91 Å². The average Bonchev–Trinajstić information content (AvgIpc) is 3.36. The van der Waals surface area contributed by atoms with Gasteiger partial charge in [-0.1, -0.05) is 43.5 Å². The third-order valence-corrected chi connectivity index (χ3v) is 8.32. The smallest absolute Gasteiger partial charge is 0.226 e. The van der Waals surface area contributed by atoms with Crippen LogP contribution in [0.2, 0.25) is 0 Å². The Balaban J connectivity index is 0.00000136. The lowest BCUT2D eigenvalue weighted by Gasteiger charge is -2.40. The van der Waals surface area contributed by atoms with Crippen LogP contribution >= 0.6 is 24.8 Å². The summed E-state index contributed by atoms with van der Waals surface area (Å²) in [5.41, 5.74) is 2.70. The molecule has 5 rings (SSSR count). The first kappa shape index (κ1) is 24.8. The number of nitrogens with zero attached hydrogens (tertiary/aromatic N) is 2. The summed E-state index contributed by atoms with van der Waals surface area (Å²) < 4.78 is 0. The fraction of sp³-hybridized carbons (Fsp3) is 0.720.